The lowest BCUT2D eigenvalue weighted by atomic mass is 10.1. The number of benzene rings is 2. The second-order valence-corrected chi connectivity index (χ2v) is 4.94. The van der Waals surface area contributed by atoms with Crippen LogP contribution in [0.3, 0.4) is 0 Å². The largest absolute Gasteiger partial charge is 0.388 e. The maximum absolute atomic E-state index is 10.1. The van der Waals surface area contributed by atoms with Gasteiger partial charge < -0.3 is 10.4 Å². The number of nitrogens with one attached hydrogen (secondary N) is 1. The van der Waals surface area contributed by atoms with Crippen LogP contribution < -0.4 is 5.32 Å². The smallest absolute Gasteiger partial charge is 0.0806 e. The molecule has 0 radical (unpaired) electrons. The highest BCUT2D eigenvalue weighted by Crippen LogP contribution is 2.17. The molecular weight excluding hydrogens is 234 g/mol. The van der Waals surface area contributed by atoms with E-state index in [2.05, 4.69) is 37.4 Å². The molecule has 2 nitrogen and oxygen atoms in total. The summed E-state index contributed by atoms with van der Waals surface area (Å²) in [4.78, 5) is 0. The first-order chi connectivity index (χ1) is 9.16. The summed E-state index contributed by atoms with van der Waals surface area (Å²) < 4.78 is 0. The summed E-state index contributed by atoms with van der Waals surface area (Å²) in [6, 6.07) is 16.1. The summed E-state index contributed by atoms with van der Waals surface area (Å²) >= 11 is 0. The van der Waals surface area contributed by atoms with Gasteiger partial charge in [-0.1, -0.05) is 36.4 Å². The lowest BCUT2D eigenvalue weighted by Gasteiger charge is -2.13. The van der Waals surface area contributed by atoms with Gasteiger partial charge >= 0.3 is 0 Å². The Morgan fingerprint density at radius 3 is 2.42 bits per heavy atom. The Bertz CT molecular complexity index is 522. The first kappa shape index (κ1) is 13.6. The van der Waals surface area contributed by atoms with Gasteiger partial charge in [0.15, 0.2) is 0 Å². The summed E-state index contributed by atoms with van der Waals surface area (Å²) in [5.41, 5.74) is 4.68. The van der Waals surface area contributed by atoms with Crippen LogP contribution in [0.1, 0.15) is 29.2 Å². The summed E-state index contributed by atoms with van der Waals surface area (Å²) in [6.45, 7) is 4.98. The van der Waals surface area contributed by atoms with Crippen molar-refractivity contribution < 1.29 is 5.11 Å². The molecule has 2 aromatic carbocycles. The predicted molar refractivity (Wildman–Crippen MR) is 80.4 cm³/mol. The Hall–Kier alpha value is -1.80. The fourth-order valence-electron chi connectivity index (χ4n) is 2.05. The predicted octanol–water partition coefficient (Wildman–Crippen LogP) is 3.84. The quantitative estimate of drug-likeness (QED) is 0.850. The molecule has 0 aliphatic heterocycles. The van der Waals surface area contributed by atoms with Crippen molar-refractivity contribution in [2.45, 2.75) is 26.4 Å². The maximum atomic E-state index is 10.1. The fourth-order valence-corrected chi connectivity index (χ4v) is 2.05. The molecule has 0 spiro atoms. The van der Waals surface area contributed by atoms with Crippen molar-refractivity contribution in [2.24, 2.45) is 0 Å². The number of hydrogen-bond donors (Lipinski definition) is 2. The number of hydrogen-bond acceptors (Lipinski definition) is 2. The van der Waals surface area contributed by atoms with E-state index in [0.29, 0.717) is 6.42 Å². The monoisotopic (exact) mass is 255 g/mol. The van der Waals surface area contributed by atoms with Gasteiger partial charge in [-0.25, -0.2) is 0 Å². The van der Waals surface area contributed by atoms with Gasteiger partial charge in [-0.05, 0) is 49.1 Å². The zero-order chi connectivity index (χ0) is 13.7. The number of anilines is 1. The third kappa shape index (κ3) is 3.83. The molecule has 19 heavy (non-hydrogen) atoms. The van der Waals surface area contributed by atoms with Crippen LogP contribution in [0, 0.1) is 13.8 Å². The van der Waals surface area contributed by atoms with Crippen LogP contribution in [-0.4, -0.2) is 11.7 Å². The first-order valence-electron chi connectivity index (χ1n) is 6.71. The fraction of sp³-hybridized carbons (Fsp3) is 0.294. The Morgan fingerprint density at radius 1 is 1.00 bits per heavy atom. The highest BCUT2D eigenvalue weighted by molar-refractivity contribution is 5.48. The van der Waals surface area contributed by atoms with Crippen molar-refractivity contribution in [2.75, 3.05) is 11.9 Å². The molecule has 0 fully saturated rings. The molecule has 0 amide bonds. The maximum Gasteiger partial charge on any atom is 0.0806 e. The van der Waals surface area contributed by atoms with Gasteiger partial charge in [0.1, 0.15) is 0 Å². The molecule has 0 aliphatic carbocycles. The number of rotatable bonds is 5. The molecule has 100 valence electrons. The molecule has 0 saturated heterocycles. The zero-order valence-electron chi connectivity index (χ0n) is 11.6. The summed E-state index contributed by atoms with van der Waals surface area (Å²) in [5, 5.41) is 13.4. The van der Waals surface area contributed by atoms with E-state index in [4.69, 9.17) is 0 Å². The van der Waals surface area contributed by atoms with Crippen molar-refractivity contribution >= 4 is 5.69 Å². The van der Waals surface area contributed by atoms with E-state index in [0.717, 1.165) is 17.8 Å². The molecule has 0 saturated carbocycles. The van der Waals surface area contributed by atoms with Crippen LogP contribution in [0.5, 0.6) is 0 Å². The summed E-state index contributed by atoms with van der Waals surface area (Å²) in [6.07, 6.45) is 0.303. The van der Waals surface area contributed by atoms with E-state index in [1.807, 2.05) is 30.3 Å². The number of aliphatic hydroxyl groups excluding tert-OH is 1. The molecule has 2 aromatic rings. The van der Waals surface area contributed by atoms with Crippen molar-refractivity contribution in [3.8, 4) is 0 Å². The van der Waals surface area contributed by atoms with E-state index in [9.17, 15) is 5.11 Å². The van der Waals surface area contributed by atoms with Gasteiger partial charge in [0, 0.05) is 12.2 Å². The van der Waals surface area contributed by atoms with E-state index in [1.165, 1.54) is 11.1 Å². The molecule has 1 unspecified atom stereocenters. The Kier molecular flexibility index (Phi) is 4.58. The Balaban J connectivity index is 1.85. The van der Waals surface area contributed by atoms with E-state index in [1.54, 1.807) is 0 Å². The Labute approximate surface area is 115 Å². The van der Waals surface area contributed by atoms with Gasteiger partial charge in [-0.3, -0.25) is 0 Å². The zero-order valence-corrected chi connectivity index (χ0v) is 11.6. The third-order valence-corrected chi connectivity index (χ3v) is 3.44. The van der Waals surface area contributed by atoms with Crippen molar-refractivity contribution in [3.63, 3.8) is 0 Å². The minimum atomic E-state index is -0.403. The molecule has 2 N–H and O–H groups in total. The van der Waals surface area contributed by atoms with Crippen LogP contribution in [0.25, 0.3) is 0 Å². The van der Waals surface area contributed by atoms with Gasteiger partial charge in [-0.15, -0.1) is 0 Å². The number of aliphatic hydroxyl groups is 1. The average molecular weight is 255 g/mol. The SMILES string of the molecule is Cc1ccc(NCCC(O)c2ccccc2)cc1C. The summed E-state index contributed by atoms with van der Waals surface area (Å²) in [5.74, 6) is 0. The van der Waals surface area contributed by atoms with Gasteiger partial charge in [0.25, 0.3) is 0 Å². The summed E-state index contributed by atoms with van der Waals surface area (Å²) in [7, 11) is 0. The van der Waals surface area contributed by atoms with E-state index in [-0.39, 0.29) is 0 Å². The first-order valence-corrected chi connectivity index (χ1v) is 6.71. The standard InChI is InChI=1S/C17H21NO/c1-13-8-9-16(12-14(13)2)18-11-10-17(19)15-6-4-3-5-7-15/h3-9,12,17-19H,10-11H2,1-2H3. The highest BCUT2D eigenvalue weighted by atomic mass is 16.3. The highest BCUT2D eigenvalue weighted by Gasteiger charge is 2.06. The minimum Gasteiger partial charge on any atom is -0.388 e. The van der Waals surface area contributed by atoms with Crippen molar-refractivity contribution in [1.29, 1.82) is 0 Å². The van der Waals surface area contributed by atoms with Crippen LogP contribution >= 0.6 is 0 Å². The molecule has 2 rings (SSSR count). The molecule has 0 heterocycles. The van der Waals surface area contributed by atoms with E-state index >= 15 is 0 Å². The van der Waals surface area contributed by atoms with Gasteiger partial charge in [0.2, 0.25) is 0 Å². The second kappa shape index (κ2) is 6.39. The minimum absolute atomic E-state index is 0.403. The Morgan fingerprint density at radius 2 is 1.74 bits per heavy atom. The van der Waals surface area contributed by atoms with Gasteiger partial charge in [0.05, 0.1) is 6.10 Å². The van der Waals surface area contributed by atoms with Crippen LogP contribution in [0.15, 0.2) is 48.5 Å². The molecule has 0 aliphatic rings. The number of aryl methyl sites for hydroxylation is 2. The third-order valence-electron chi connectivity index (χ3n) is 3.44. The normalized spacial score (nSPS) is 12.2. The second-order valence-electron chi connectivity index (χ2n) is 4.94. The average Bonchev–Trinajstić information content (AvgIpc) is 2.43. The topological polar surface area (TPSA) is 32.3 Å². The molecular formula is C17H21NO. The van der Waals surface area contributed by atoms with Crippen LogP contribution in [0.2, 0.25) is 0 Å². The molecule has 0 aromatic heterocycles. The molecule has 2 heteroatoms. The lowest BCUT2D eigenvalue weighted by Crippen LogP contribution is -2.07. The van der Waals surface area contributed by atoms with Crippen molar-refractivity contribution in [1.82, 2.24) is 0 Å². The van der Waals surface area contributed by atoms with E-state index < -0.39 is 6.10 Å². The molecule has 0 bridgehead atoms. The van der Waals surface area contributed by atoms with Crippen LogP contribution in [0.4, 0.5) is 5.69 Å². The van der Waals surface area contributed by atoms with Crippen molar-refractivity contribution in [3.05, 3.63) is 65.2 Å². The van der Waals surface area contributed by atoms with Gasteiger partial charge in [-0.2, -0.15) is 0 Å². The molecule has 1 atom stereocenters. The van der Waals surface area contributed by atoms with Crippen LogP contribution in [-0.2, 0) is 0 Å². The lowest BCUT2D eigenvalue weighted by molar-refractivity contribution is 0.171.